The van der Waals surface area contributed by atoms with E-state index in [0.29, 0.717) is 21.4 Å². The Hall–Kier alpha value is -2.38. The number of anilines is 1. The van der Waals surface area contributed by atoms with Crippen LogP contribution in [0.1, 0.15) is 5.56 Å². The van der Waals surface area contributed by atoms with Gasteiger partial charge in [-0.3, -0.25) is 9.36 Å². The molecule has 0 aliphatic heterocycles. The zero-order chi connectivity index (χ0) is 17.8. The molecule has 0 aliphatic rings. The van der Waals surface area contributed by atoms with Gasteiger partial charge in [0.05, 0.1) is 11.4 Å². The van der Waals surface area contributed by atoms with Crippen LogP contribution < -0.4 is 5.32 Å². The van der Waals surface area contributed by atoms with Gasteiger partial charge in [-0.2, -0.15) is 0 Å². The zero-order valence-electron chi connectivity index (χ0n) is 13.2. The van der Waals surface area contributed by atoms with Gasteiger partial charge in [-0.05, 0) is 42.8 Å². The summed E-state index contributed by atoms with van der Waals surface area (Å²) in [6.45, 7) is 1.67. The molecule has 0 fully saturated rings. The van der Waals surface area contributed by atoms with Crippen molar-refractivity contribution in [3.63, 3.8) is 0 Å². The first kappa shape index (κ1) is 17.4. The summed E-state index contributed by atoms with van der Waals surface area (Å²) >= 11 is 7.23. The van der Waals surface area contributed by atoms with E-state index >= 15 is 0 Å². The summed E-state index contributed by atoms with van der Waals surface area (Å²) < 4.78 is 15.3. The van der Waals surface area contributed by atoms with Gasteiger partial charge in [0, 0.05) is 10.7 Å². The Labute approximate surface area is 153 Å². The lowest BCUT2D eigenvalue weighted by atomic mass is 10.2. The Balaban J connectivity index is 1.65. The highest BCUT2D eigenvalue weighted by Gasteiger charge is 2.11. The van der Waals surface area contributed by atoms with E-state index < -0.39 is 0 Å². The standard InChI is InChI=1S/C17H14ClFN4OS/c1-11-5-6-13(8-15(11)19)21-16(24)9-25-17-22-20-10-23(17)14-4-2-3-12(18)7-14/h2-8,10H,9H2,1H3,(H,21,24). The van der Waals surface area contributed by atoms with Gasteiger partial charge in [0.1, 0.15) is 12.1 Å². The summed E-state index contributed by atoms with van der Waals surface area (Å²) in [5, 5.41) is 11.7. The topological polar surface area (TPSA) is 59.8 Å². The van der Waals surface area contributed by atoms with Gasteiger partial charge in [-0.25, -0.2) is 4.39 Å². The van der Waals surface area contributed by atoms with Crippen molar-refractivity contribution in [3.8, 4) is 5.69 Å². The Bertz CT molecular complexity index is 915. The van der Waals surface area contributed by atoms with E-state index in [1.54, 1.807) is 42.1 Å². The molecule has 0 unspecified atom stereocenters. The molecule has 0 bridgehead atoms. The van der Waals surface area contributed by atoms with E-state index in [1.165, 1.54) is 17.8 Å². The predicted octanol–water partition coefficient (Wildman–Crippen LogP) is 4.10. The lowest BCUT2D eigenvalue weighted by Crippen LogP contribution is -2.14. The van der Waals surface area contributed by atoms with Crippen molar-refractivity contribution in [3.05, 3.63) is 65.2 Å². The number of carbonyl (C=O) groups is 1. The maximum Gasteiger partial charge on any atom is 0.234 e. The number of amides is 1. The number of thioether (sulfide) groups is 1. The molecule has 1 heterocycles. The van der Waals surface area contributed by atoms with Crippen molar-refractivity contribution < 1.29 is 9.18 Å². The minimum atomic E-state index is -0.355. The van der Waals surface area contributed by atoms with Crippen LogP contribution >= 0.6 is 23.4 Å². The number of halogens is 2. The third-order valence-corrected chi connectivity index (χ3v) is 4.57. The summed E-state index contributed by atoms with van der Waals surface area (Å²) in [6, 6.07) is 11.8. The maximum atomic E-state index is 13.5. The van der Waals surface area contributed by atoms with Crippen LogP contribution in [0.25, 0.3) is 5.69 Å². The van der Waals surface area contributed by atoms with Crippen LogP contribution in [0.5, 0.6) is 0 Å². The number of aromatic nitrogens is 3. The van der Waals surface area contributed by atoms with E-state index in [0.717, 1.165) is 5.69 Å². The molecule has 1 amide bonds. The molecule has 2 aromatic carbocycles. The van der Waals surface area contributed by atoms with Crippen molar-refractivity contribution in [2.45, 2.75) is 12.1 Å². The van der Waals surface area contributed by atoms with Crippen molar-refractivity contribution in [1.82, 2.24) is 14.8 Å². The van der Waals surface area contributed by atoms with Gasteiger partial charge < -0.3 is 5.32 Å². The Kier molecular flexibility index (Phi) is 5.35. The van der Waals surface area contributed by atoms with Crippen LogP contribution in [-0.2, 0) is 4.79 Å². The minimum Gasteiger partial charge on any atom is -0.325 e. The first-order chi connectivity index (χ1) is 12.0. The van der Waals surface area contributed by atoms with Gasteiger partial charge in [-0.15, -0.1) is 10.2 Å². The smallest absolute Gasteiger partial charge is 0.234 e. The summed E-state index contributed by atoms with van der Waals surface area (Å²) in [4.78, 5) is 12.1. The van der Waals surface area contributed by atoms with Gasteiger partial charge >= 0.3 is 0 Å². The Morgan fingerprint density at radius 3 is 2.92 bits per heavy atom. The van der Waals surface area contributed by atoms with Crippen LogP contribution in [0.15, 0.2) is 53.9 Å². The zero-order valence-corrected chi connectivity index (χ0v) is 14.8. The predicted molar refractivity (Wildman–Crippen MR) is 96.9 cm³/mol. The highest BCUT2D eigenvalue weighted by atomic mass is 35.5. The molecular formula is C17H14ClFN4OS. The number of aryl methyl sites for hydroxylation is 1. The van der Waals surface area contributed by atoms with E-state index in [2.05, 4.69) is 15.5 Å². The molecule has 0 spiro atoms. The molecule has 0 radical (unpaired) electrons. The van der Waals surface area contributed by atoms with E-state index in [-0.39, 0.29) is 17.5 Å². The van der Waals surface area contributed by atoms with Crippen molar-refractivity contribution in [2.24, 2.45) is 0 Å². The number of rotatable bonds is 5. The lowest BCUT2D eigenvalue weighted by Gasteiger charge is -2.08. The average Bonchev–Trinajstić information content (AvgIpc) is 3.05. The third-order valence-electron chi connectivity index (χ3n) is 3.39. The lowest BCUT2D eigenvalue weighted by molar-refractivity contribution is -0.113. The number of carbonyl (C=O) groups excluding carboxylic acids is 1. The third kappa shape index (κ3) is 4.37. The van der Waals surface area contributed by atoms with E-state index in [1.807, 2.05) is 12.1 Å². The van der Waals surface area contributed by atoms with Crippen LogP contribution in [0.3, 0.4) is 0 Å². The fourth-order valence-electron chi connectivity index (χ4n) is 2.12. The van der Waals surface area contributed by atoms with E-state index in [9.17, 15) is 9.18 Å². The first-order valence-corrected chi connectivity index (χ1v) is 8.74. The van der Waals surface area contributed by atoms with Crippen LogP contribution in [0.2, 0.25) is 5.02 Å². The molecular weight excluding hydrogens is 363 g/mol. The number of hydrogen-bond donors (Lipinski definition) is 1. The molecule has 128 valence electrons. The normalized spacial score (nSPS) is 10.7. The second kappa shape index (κ2) is 7.67. The number of nitrogens with one attached hydrogen (secondary N) is 1. The molecule has 8 heteroatoms. The Morgan fingerprint density at radius 1 is 1.32 bits per heavy atom. The first-order valence-electron chi connectivity index (χ1n) is 7.38. The Morgan fingerprint density at radius 2 is 2.16 bits per heavy atom. The quantitative estimate of drug-likeness (QED) is 0.681. The fourth-order valence-corrected chi connectivity index (χ4v) is 3.04. The molecule has 0 atom stereocenters. The molecule has 1 aromatic heterocycles. The number of nitrogens with zero attached hydrogens (tertiary/aromatic N) is 3. The number of hydrogen-bond acceptors (Lipinski definition) is 4. The fraction of sp³-hybridized carbons (Fsp3) is 0.118. The van der Waals surface area contributed by atoms with Crippen molar-refractivity contribution in [2.75, 3.05) is 11.1 Å². The molecule has 1 N–H and O–H groups in total. The SMILES string of the molecule is Cc1ccc(NC(=O)CSc2nncn2-c2cccc(Cl)c2)cc1F. The highest BCUT2D eigenvalue weighted by Crippen LogP contribution is 2.22. The summed E-state index contributed by atoms with van der Waals surface area (Å²) in [7, 11) is 0. The van der Waals surface area contributed by atoms with Crippen LogP contribution in [-0.4, -0.2) is 26.4 Å². The molecule has 0 saturated heterocycles. The number of benzene rings is 2. The minimum absolute atomic E-state index is 0.120. The molecule has 3 aromatic rings. The van der Waals surface area contributed by atoms with Gasteiger partial charge in [0.25, 0.3) is 0 Å². The molecule has 25 heavy (non-hydrogen) atoms. The second-order valence-corrected chi connectivity index (χ2v) is 6.64. The average molecular weight is 377 g/mol. The molecule has 5 nitrogen and oxygen atoms in total. The van der Waals surface area contributed by atoms with Crippen LogP contribution in [0, 0.1) is 12.7 Å². The van der Waals surface area contributed by atoms with Crippen molar-refractivity contribution in [1.29, 1.82) is 0 Å². The van der Waals surface area contributed by atoms with Crippen molar-refractivity contribution >= 4 is 35.0 Å². The second-order valence-electron chi connectivity index (χ2n) is 5.26. The van der Waals surface area contributed by atoms with Gasteiger partial charge in [-0.1, -0.05) is 35.5 Å². The summed E-state index contributed by atoms with van der Waals surface area (Å²) in [5.41, 5.74) is 1.76. The monoisotopic (exact) mass is 376 g/mol. The molecule has 0 saturated carbocycles. The van der Waals surface area contributed by atoms with Gasteiger partial charge in [0.15, 0.2) is 5.16 Å². The summed E-state index contributed by atoms with van der Waals surface area (Å²) in [6.07, 6.45) is 1.56. The summed E-state index contributed by atoms with van der Waals surface area (Å²) in [5.74, 6) is -0.491. The van der Waals surface area contributed by atoms with E-state index in [4.69, 9.17) is 11.6 Å². The highest BCUT2D eigenvalue weighted by molar-refractivity contribution is 7.99. The molecule has 3 rings (SSSR count). The largest absolute Gasteiger partial charge is 0.325 e. The maximum absolute atomic E-state index is 13.5. The van der Waals surface area contributed by atoms with Crippen LogP contribution in [0.4, 0.5) is 10.1 Å². The van der Waals surface area contributed by atoms with Gasteiger partial charge in [0.2, 0.25) is 5.91 Å². The molecule has 0 aliphatic carbocycles.